The monoisotopic (exact) mass is 399 g/mol. The second kappa shape index (κ2) is 9.98. The van der Waals surface area contributed by atoms with Crippen molar-refractivity contribution in [1.29, 1.82) is 0 Å². The Morgan fingerprint density at radius 3 is 2.00 bits per heavy atom. The van der Waals surface area contributed by atoms with Crippen molar-refractivity contribution >= 4 is 23.2 Å². The third kappa shape index (κ3) is 5.08. The van der Waals surface area contributed by atoms with E-state index in [9.17, 15) is 14.4 Å². The number of nitrogens with one attached hydrogen (secondary N) is 1. The minimum atomic E-state index is -0.513. The van der Waals surface area contributed by atoms with Crippen LogP contribution < -0.4 is 5.32 Å². The molecule has 1 N–H and O–H groups in total. The van der Waals surface area contributed by atoms with Crippen LogP contribution in [0.25, 0.3) is 0 Å². The van der Waals surface area contributed by atoms with Gasteiger partial charge in [0.15, 0.2) is 5.78 Å². The average molecular weight is 399 g/mol. The summed E-state index contributed by atoms with van der Waals surface area (Å²) in [5.41, 5.74) is 1.60. The fourth-order valence-corrected chi connectivity index (χ4v) is 2.84. The second-order valence-electron chi connectivity index (χ2n) is 6.37. The van der Waals surface area contributed by atoms with Crippen molar-refractivity contribution in [2.75, 3.05) is 11.9 Å². The molecule has 0 amide bonds. The molecule has 3 aromatic rings. The van der Waals surface area contributed by atoms with Crippen molar-refractivity contribution in [3.8, 4) is 0 Å². The van der Waals surface area contributed by atoms with Gasteiger partial charge in [-0.15, -0.1) is 0 Å². The Balaban J connectivity index is 2.01. The normalized spacial score (nSPS) is 10.9. The van der Waals surface area contributed by atoms with Gasteiger partial charge in [0.2, 0.25) is 5.78 Å². The number of carbonyl (C=O) groups is 3. The van der Waals surface area contributed by atoms with Crippen molar-refractivity contribution < 1.29 is 19.1 Å². The van der Waals surface area contributed by atoms with Crippen LogP contribution in [0.2, 0.25) is 0 Å². The lowest BCUT2D eigenvalue weighted by molar-refractivity contribution is 0.0527. The number of hydrogen-bond acceptors (Lipinski definition) is 5. The minimum Gasteiger partial charge on any atom is -0.462 e. The Morgan fingerprint density at radius 1 is 0.800 bits per heavy atom. The zero-order valence-electron chi connectivity index (χ0n) is 16.5. The summed E-state index contributed by atoms with van der Waals surface area (Å²) in [7, 11) is 0. The van der Waals surface area contributed by atoms with E-state index in [2.05, 4.69) is 5.32 Å². The number of carbonyl (C=O) groups excluding carboxylic acids is 3. The molecule has 0 fully saturated rings. The van der Waals surface area contributed by atoms with E-state index in [-0.39, 0.29) is 29.4 Å². The van der Waals surface area contributed by atoms with Gasteiger partial charge in [0.1, 0.15) is 0 Å². The van der Waals surface area contributed by atoms with Gasteiger partial charge in [-0.05, 0) is 19.1 Å². The Hall–Kier alpha value is -3.99. The highest BCUT2D eigenvalue weighted by atomic mass is 16.5. The summed E-state index contributed by atoms with van der Waals surface area (Å²) in [6.07, 6.45) is 1.26. The van der Waals surface area contributed by atoms with E-state index in [1.807, 2.05) is 6.07 Å². The van der Waals surface area contributed by atoms with Gasteiger partial charge in [-0.25, -0.2) is 4.79 Å². The molecule has 5 nitrogen and oxygen atoms in total. The van der Waals surface area contributed by atoms with Crippen LogP contribution in [0.1, 0.15) is 38.0 Å². The van der Waals surface area contributed by atoms with Crippen molar-refractivity contribution in [2.24, 2.45) is 0 Å². The summed E-state index contributed by atoms with van der Waals surface area (Å²) in [5.74, 6) is -1.20. The summed E-state index contributed by atoms with van der Waals surface area (Å²) in [5, 5.41) is 2.98. The summed E-state index contributed by atoms with van der Waals surface area (Å²) in [4.78, 5) is 38.2. The highest BCUT2D eigenvalue weighted by Crippen LogP contribution is 2.21. The van der Waals surface area contributed by atoms with Gasteiger partial charge < -0.3 is 10.1 Å². The number of benzene rings is 3. The molecule has 0 bridgehead atoms. The van der Waals surface area contributed by atoms with Crippen molar-refractivity contribution in [3.63, 3.8) is 0 Å². The third-order valence-electron chi connectivity index (χ3n) is 4.31. The zero-order chi connectivity index (χ0) is 21.3. The maximum Gasteiger partial charge on any atom is 0.340 e. The highest BCUT2D eigenvalue weighted by molar-refractivity contribution is 6.16. The van der Waals surface area contributed by atoms with Gasteiger partial charge in [-0.2, -0.15) is 0 Å². The number of allylic oxidation sites excluding steroid dienone is 2. The SMILES string of the molecule is CCOC(=O)c1ccccc1N/C(=C\C(=O)c1ccccc1)C(=O)c1ccccc1. The third-order valence-corrected chi connectivity index (χ3v) is 4.31. The number of esters is 1. The molecule has 0 radical (unpaired) electrons. The van der Waals surface area contributed by atoms with Crippen LogP contribution in [0, 0.1) is 0 Å². The number of ketones is 2. The standard InChI is InChI=1S/C25H21NO4/c1-2-30-25(29)20-15-9-10-16-21(20)26-22(24(28)19-13-7-4-8-14-19)17-23(27)18-11-5-3-6-12-18/h3-17,26H,2H2,1H3/b22-17-. The lowest BCUT2D eigenvalue weighted by atomic mass is 10.0. The molecule has 0 spiro atoms. The van der Waals surface area contributed by atoms with Gasteiger partial charge in [-0.1, -0.05) is 72.8 Å². The van der Waals surface area contributed by atoms with E-state index in [4.69, 9.17) is 4.74 Å². The van der Waals surface area contributed by atoms with E-state index in [0.717, 1.165) is 0 Å². The topological polar surface area (TPSA) is 72.5 Å². The molecular formula is C25H21NO4. The molecule has 0 aliphatic carbocycles. The molecular weight excluding hydrogens is 378 g/mol. The van der Waals surface area contributed by atoms with Crippen LogP contribution in [-0.4, -0.2) is 24.1 Å². The summed E-state index contributed by atoms with van der Waals surface area (Å²) in [6.45, 7) is 1.95. The molecule has 0 saturated carbocycles. The Labute approximate surface area is 175 Å². The molecule has 30 heavy (non-hydrogen) atoms. The van der Waals surface area contributed by atoms with E-state index in [1.165, 1.54) is 6.08 Å². The summed E-state index contributed by atoms with van der Waals surface area (Å²) < 4.78 is 5.10. The van der Waals surface area contributed by atoms with Crippen LogP contribution in [0.4, 0.5) is 5.69 Å². The molecule has 3 aromatic carbocycles. The van der Waals surface area contributed by atoms with Crippen molar-refractivity contribution in [2.45, 2.75) is 6.92 Å². The first-order chi connectivity index (χ1) is 14.6. The number of hydrogen-bond donors (Lipinski definition) is 1. The van der Waals surface area contributed by atoms with E-state index in [1.54, 1.807) is 85.8 Å². The second-order valence-corrected chi connectivity index (χ2v) is 6.37. The Bertz CT molecular complexity index is 1070. The fraction of sp³-hybridized carbons (Fsp3) is 0.0800. The van der Waals surface area contributed by atoms with Crippen LogP contribution in [0.3, 0.4) is 0 Å². The Morgan fingerprint density at radius 2 is 1.37 bits per heavy atom. The fourth-order valence-electron chi connectivity index (χ4n) is 2.84. The molecule has 3 rings (SSSR count). The smallest absolute Gasteiger partial charge is 0.340 e. The first-order valence-corrected chi connectivity index (χ1v) is 9.54. The van der Waals surface area contributed by atoms with Gasteiger partial charge in [0, 0.05) is 17.2 Å². The maximum atomic E-state index is 13.1. The van der Waals surface area contributed by atoms with Crippen LogP contribution in [-0.2, 0) is 4.74 Å². The lowest BCUT2D eigenvalue weighted by Crippen LogP contribution is -2.16. The average Bonchev–Trinajstić information content (AvgIpc) is 2.79. The van der Waals surface area contributed by atoms with E-state index >= 15 is 0 Å². The lowest BCUT2D eigenvalue weighted by Gasteiger charge is -2.14. The van der Waals surface area contributed by atoms with Crippen LogP contribution >= 0.6 is 0 Å². The number of Topliss-reactive ketones (excluding diaryl/α,β-unsaturated/α-hetero) is 1. The molecule has 0 aliphatic heterocycles. The maximum absolute atomic E-state index is 13.1. The van der Waals surface area contributed by atoms with Crippen LogP contribution in [0.15, 0.2) is 96.7 Å². The molecule has 150 valence electrons. The number of ether oxygens (including phenoxy) is 1. The van der Waals surface area contributed by atoms with Crippen LogP contribution in [0.5, 0.6) is 0 Å². The Kier molecular flexibility index (Phi) is 6.90. The molecule has 0 aromatic heterocycles. The van der Waals surface area contributed by atoms with E-state index < -0.39 is 5.97 Å². The van der Waals surface area contributed by atoms with Gasteiger partial charge in [0.25, 0.3) is 0 Å². The number of para-hydroxylation sites is 1. The first-order valence-electron chi connectivity index (χ1n) is 9.54. The minimum absolute atomic E-state index is 0.0619. The summed E-state index contributed by atoms with van der Waals surface area (Å²) in [6, 6.07) is 24.0. The molecule has 0 heterocycles. The molecule has 0 unspecified atom stereocenters. The number of anilines is 1. The molecule has 0 saturated heterocycles. The van der Waals surface area contributed by atoms with Gasteiger partial charge >= 0.3 is 5.97 Å². The molecule has 0 aliphatic rings. The predicted octanol–water partition coefficient (Wildman–Crippen LogP) is 4.92. The van der Waals surface area contributed by atoms with Gasteiger partial charge in [0.05, 0.1) is 23.6 Å². The quantitative estimate of drug-likeness (QED) is 0.330. The zero-order valence-corrected chi connectivity index (χ0v) is 16.5. The highest BCUT2D eigenvalue weighted by Gasteiger charge is 2.18. The number of rotatable bonds is 8. The molecule has 0 atom stereocenters. The molecule has 5 heteroatoms. The largest absolute Gasteiger partial charge is 0.462 e. The summed E-state index contributed by atoms with van der Waals surface area (Å²) >= 11 is 0. The van der Waals surface area contributed by atoms with E-state index in [0.29, 0.717) is 16.8 Å². The van der Waals surface area contributed by atoms with Crippen molar-refractivity contribution in [1.82, 2.24) is 0 Å². The first kappa shape index (κ1) is 20.7. The van der Waals surface area contributed by atoms with Crippen molar-refractivity contribution in [3.05, 3.63) is 113 Å². The predicted molar refractivity (Wildman–Crippen MR) is 116 cm³/mol. The van der Waals surface area contributed by atoms with Gasteiger partial charge in [-0.3, -0.25) is 9.59 Å².